The van der Waals surface area contributed by atoms with Crippen molar-refractivity contribution in [2.45, 2.75) is 111 Å². The zero-order valence-corrected chi connectivity index (χ0v) is 35.1. The molecule has 17 nitrogen and oxygen atoms in total. The molecular weight excluding hydrogens is 757 g/mol. The molecule has 1 N–H and O–H groups in total. The number of fused-ring (bicyclic) bond motifs is 2. The van der Waals surface area contributed by atoms with E-state index in [0.29, 0.717) is 72.5 Å². The number of nitrogens with zero attached hydrogens (tertiary/aromatic N) is 9. The van der Waals surface area contributed by atoms with Crippen molar-refractivity contribution in [3.63, 3.8) is 0 Å². The zero-order chi connectivity index (χ0) is 42.9. The van der Waals surface area contributed by atoms with E-state index >= 15 is 0 Å². The van der Waals surface area contributed by atoms with Crippen molar-refractivity contribution in [3.8, 4) is 0 Å². The van der Waals surface area contributed by atoms with Gasteiger partial charge in [-0.3, -0.25) is 34.1 Å². The highest BCUT2D eigenvalue weighted by atomic mass is 16.6. The van der Waals surface area contributed by atoms with Crippen LogP contribution in [-0.2, 0) is 20.8 Å². The Morgan fingerprint density at radius 3 is 1.71 bits per heavy atom. The van der Waals surface area contributed by atoms with E-state index < -0.39 is 11.2 Å². The van der Waals surface area contributed by atoms with E-state index in [1.165, 1.54) is 6.92 Å². The topological polar surface area (TPSA) is 208 Å². The Kier molecular flexibility index (Phi) is 14.2. The number of hydrogen-bond acceptors (Lipinski definition) is 13. The number of amides is 2. The van der Waals surface area contributed by atoms with Crippen LogP contribution in [0.2, 0.25) is 0 Å². The van der Waals surface area contributed by atoms with Gasteiger partial charge in [0.25, 0.3) is 11.1 Å². The normalized spacial score (nSPS) is 15.1. The van der Waals surface area contributed by atoms with Gasteiger partial charge in [0.15, 0.2) is 11.3 Å². The van der Waals surface area contributed by atoms with Crippen LogP contribution in [0.4, 0.5) is 9.59 Å². The fraction of sp³-hybridized carbons (Fsp3) is 0.500. The molecule has 0 atom stereocenters. The second-order valence-corrected chi connectivity index (χ2v) is 16.4. The lowest BCUT2D eigenvalue weighted by molar-refractivity contribution is -0.106. The number of carbonyl (C=O) groups is 3. The first-order valence-electron chi connectivity index (χ1n) is 19.8. The highest BCUT2D eigenvalue weighted by Crippen LogP contribution is 2.29. The number of aldehydes is 1. The molecule has 2 fully saturated rings. The summed E-state index contributed by atoms with van der Waals surface area (Å²) in [5.41, 5.74) is 4.02. The van der Waals surface area contributed by atoms with Crippen molar-refractivity contribution in [3.05, 3.63) is 92.5 Å². The Labute approximate surface area is 342 Å². The summed E-state index contributed by atoms with van der Waals surface area (Å²) in [7, 11) is 0. The molecule has 0 radical (unpaired) electrons. The predicted octanol–water partition coefficient (Wildman–Crippen LogP) is 5.69. The van der Waals surface area contributed by atoms with Gasteiger partial charge in [-0.2, -0.15) is 0 Å². The summed E-state index contributed by atoms with van der Waals surface area (Å²) in [5, 5.41) is 0. The second kappa shape index (κ2) is 19.1. The van der Waals surface area contributed by atoms with Crippen LogP contribution in [-0.4, -0.2) is 105 Å². The number of rotatable bonds is 4. The van der Waals surface area contributed by atoms with Gasteiger partial charge < -0.3 is 29.1 Å². The Hall–Kier alpha value is -6.13. The Morgan fingerprint density at radius 2 is 1.17 bits per heavy atom. The molecule has 0 bridgehead atoms. The van der Waals surface area contributed by atoms with E-state index in [0.717, 1.165) is 30.5 Å². The highest BCUT2D eigenvalue weighted by Gasteiger charge is 2.31. The van der Waals surface area contributed by atoms with E-state index in [2.05, 4.69) is 34.9 Å². The Morgan fingerprint density at radius 1 is 0.712 bits per heavy atom. The van der Waals surface area contributed by atoms with Crippen LogP contribution in [0.3, 0.4) is 0 Å². The van der Waals surface area contributed by atoms with Gasteiger partial charge in [0.1, 0.15) is 28.5 Å². The number of pyridine rings is 2. The molecule has 0 aliphatic carbocycles. The van der Waals surface area contributed by atoms with E-state index in [9.17, 15) is 19.2 Å². The lowest BCUT2D eigenvalue weighted by Crippen LogP contribution is -2.42. The summed E-state index contributed by atoms with van der Waals surface area (Å²) in [4.78, 5) is 91.3. The first-order chi connectivity index (χ1) is 28.0. The minimum Gasteiger partial charge on any atom is -0.444 e. The quantitative estimate of drug-likeness (QED) is 0.217. The van der Waals surface area contributed by atoms with Gasteiger partial charge in [-0.15, -0.1) is 0 Å². The van der Waals surface area contributed by atoms with Crippen molar-refractivity contribution < 1.29 is 23.9 Å². The van der Waals surface area contributed by atoms with Crippen molar-refractivity contribution in [1.29, 1.82) is 0 Å². The summed E-state index contributed by atoms with van der Waals surface area (Å²) in [5.74, 6) is 0.139. The minimum absolute atomic E-state index is 0.0294. The number of aromatic amines is 1. The smallest absolute Gasteiger partial charge is 0.410 e. The van der Waals surface area contributed by atoms with Crippen LogP contribution in [0.1, 0.15) is 109 Å². The SMILES string of the molecule is CC(C)(C)OC(=O)N1CCC(c2cc3nccnc3[nH]c2=O)CC1.CC=O.Cc1nccnc1Cn1c(=O)c(C2CCN(C(=O)OC(C)(C)C)CC2)cc2nccnc21. The molecule has 59 heavy (non-hydrogen) atoms. The predicted molar refractivity (Wildman–Crippen MR) is 221 cm³/mol. The molecule has 7 heterocycles. The van der Waals surface area contributed by atoms with E-state index in [4.69, 9.17) is 14.3 Å². The molecule has 0 unspecified atom stereocenters. The largest absolute Gasteiger partial charge is 0.444 e. The summed E-state index contributed by atoms with van der Waals surface area (Å²) >= 11 is 0. The molecule has 314 valence electrons. The van der Waals surface area contributed by atoms with Crippen LogP contribution in [0.5, 0.6) is 0 Å². The summed E-state index contributed by atoms with van der Waals surface area (Å²) in [6.45, 7) is 17.0. The van der Waals surface area contributed by atoms with Gasteiger partial charge in [-0.1, -0.05) is 0 Å². The van der Waals surface area contributed by atoms with Gasteiger partial charge in [-0.05, 0) is 105 Å². The fourth-order valence-electron chi connectivity index (χ4n) is 6.94. The maximum atomic E-state index is 13.5. The first kappa shape index (κ1) is 44.0. The highest BCUT2D eigenvalue weighted by molar-refractivity contribution is 5.72. The van der Waals surface area contributed by atoms with Gasteiger partial charge in [0, 0.05) is 74.5 Å². The first-order valence-corrected chi connectivity index (χ1v) is 19.8. The van der Waals surface area contributed by atoms with E-state index in [-0.39, 0.29) is 41.7 Å². The molecule has 2 amide bonds. The van der Waals surface area contributed by atoms with Crippen LogP contribution < -0.4 is 11.1 Å². The third-order valence-corrected chi connectivity index (χ3v) is 9.72. The van der Waals surface area contributed by atoms with Crippen LogP contribution in [0.25, 0.3) is 22.3 Å². The number of aromatic nitrogens is 8. The van der Waals surface area contributed by atoms with Gasteiger partial charge in [0.05, 0.1) is 17.9 Å². The molecule has 5 aromatic rings. The molecule has 2 aliphatic heterocycles. The number of nitrogens with one attached hydrogen (secondary N) is 1. The molecule has 0 spiro atoms. The average molecular weight is 811 g/mol. The number of hydrogen-bond donors (Lipinski definition) is 1. The third kappa shape index (κ3) is 11.7. The summed E-state index contributed by atoms with van der Waals surface area (Å²) < 4.78 is 12.5. The monoisotopic (exact) mass is 810 g/mol. The van der Waals surface area contributed by atoms with Crippen molar-refractivity contribution >= 4 is 40.8 Å². The Balaban J connectivity index is 0.000000218. The number of ether oxygens (including phenoxy) is 2. The maximum Gasteiger partial charge on any atom is 0.410 e. The average Bonchev–Trinajstić information content (AvgIpc) is 3.19. The number of piperidine rings is 2. The number of aryl methyl sites for hydroxylation is 1. The molecule has 0 saturated carbocycles. The van der Waals surface area contributed by atoms with Crippen molar-refractivity contribution in [2.75, 3.05) is 26.2 Å². The van der Waals surface area contributed by atoms with Gasteiger partial charge in [0.2, 0.25) is 0 Å². The maximum absolute atomic E-state index is 13.5. The van der Waals surface area contributed by atoms with Gasteiger partial charge in [-0.25, -0.2) is 19.6 Å². The minimum atomic E-state index is -0.531. The van der Waals surface area contributed by atoms with Crippen molar-refractivity contribution in [2.24, 2.45) is 0 Å². The molecule has 7 rings (SSSR count). The summed E-state index contributed by atoms with van der Waals surface area (Å²) in [6, 6.07) is 3.66. The molecule has 0 aromatic carbocycles. The molecule has 5 aromatic heterocycles. The standard InChI is InChI=1S/C23H28N6O3.C17H22N4O3.C2H4O/c1-15-19(26-8-7-24-15)14-29-20-18(25-9-10-27-20)13-17(21(29)30)16-5-11-28(12-6-16)22(31)32-23(2,3)4;1-17(2,3)24-16(23)21-8-4-11(5-9-21)12-10-13-14(20-15(12)22)19-7-6-18-13;1-2-3/h7-10,13,16H,5-6,11-12,14H2,1-4H3;6-7,10-11H,4-5,8-9H2,1-3H3,(H,19,20,22);2H,1H3. The molecule has 2 saturated heterocycles. The fourth-order valence-corrected chi connectivity index (χ4v) is 6.94. The third-order valence-electron chi connectivity index (χ3n) is 9.72. The van der Waals surface area contributed by atoms with Crippen molar-refractivity contribution in [1.82, 2.24) is 49.3 Å². The summed E-state index contributed by atoms with van der Waals surface area (Å²) in [6.07, 6.45) is 12.6. The molecular formula is C42H54N10O7. The lowest BCUT2D eigenvalue weighted by atomic mass is 9.90. The molecule has 17 heteroatoms. The van der Waals surface area contributed by atoms with E-state index in [1.807, 2.05) is 60.6 Å². The van der Waals surface area contributed by atoms with E-state index in [1.54, 1.807) is 51.5 Å². The second-order valence-electron chi connectivity index (χ2n) is 16.4. The van der Waals surface area contributed by atoms with Crippen LogP contribution in [0.15, 0.2) is 58.9 Å². The lowest BCUT2D eigenvalue weighted by Gasteiger charge is -2.33. The Bertz CT molecular complexity index is 2370. The molecule has 2 aliphatic rings. The van der Waals surface area contributed by atoms with Gasteiger partial charge >= 0.3 is 12.2 Å². The number of carbonyl (C=O) groups excluding carboxylic acids is 3. The number of likely N-dealkylation sites (tertiary alicyclic amines) is 2. The number of H-pyrrole nitrogens is 1. The zero-order valence-electron chi connectivity index (χ0n) is 35.1. The van der Waals surface area contributed by atoms with Crippen LogP contribution >= 0.6 is 0 Å². The van der Waals surface area contributed by atoms with Crippen LogP contribution in [0, 0.1) is 6.92 Å².